The number of halogens is 3. The topological polar surface area (TPSA) is 55.1 Å². The molecular weight excluding hydrogens is 270 g/mol. The quantitative estimate of drug-likeness (QED) is 0.916. The minimum absolute atomic E-state index is 0.0772. The van der Waals surface area contributed by atoms with Crippen LogP contribution in [0.1, 0.15) is 10.4 Å². The SMILES string of the molecule is O=C(O)c1cnn(-c2c(F)cccc2Cl)c1Cl. The third kappa shape index (κ3) is 1.99. The number of para-hydroxylation sites is 1. The van der Waals surface area contributed by atoms with Crippen LogP contribution in [0.4, 0.5) is 4.39 Å². The molecule has 0 radical (unpaired) electrons. The van der Waals surface area contributed by atoms with Gasteiger partial charge >= 0.3 is 5.97 Å². The van der Waals surface area contributed by atoms with E-state index in [2.05, 4.69) is 5.10 Å². The minimum Gasteiger partial charge on any atom is -0.478 e. The van der Waals surface area contributed by atoms with E-state index >= 15 is 0 Å². The highest BCUT2D eigenvalue weighted by atomic mass is 35.5. The molecule has 17 heavy (non-hydrogen) atoms. The van der Waals surface area contributed by atoms with Crippen molar-refractivity contribution in [2.75, 3.05) is 0 Å². The minimum atomic E-state index is -1.24. The van der Waals surface area contributed by atoms with Crippen molar-refractivity contribution in [1.29, 1.82) is 0 Å². The molecule has 0 aliphatic rings. The van der Waals surface area contributed by atoms with Crippen LogP contribution >= 0.6 is 23.2 Å². The summed E-state index contributed by atoms with van der Waals surface area (Å²) in [6, 6.07) is 4.06. The van der Waals surface area contributed by atoms with Gasteiger partial charge in [0, 0.05) is 0 Å². The fraction of sp³-hybridized carbons (Fsp3) is 0. The maximum atomic E-state index is 13.6. The number of aromatic carboxylic acids is 1. The molecule has 0 aliphatic carbocycles. The molecule has 0 amide bonds. The molecule has 0 fully saturated rings. The fourth-order valence-electron chi connectivity index (χ4n) is 1.32. The molecule has 1 aromatic heterocycles. The fourth-order valence-corrected chi connectivity index (χ4v) is 1.83. The number of aromatic nitrogens is 2. The van der Waals surface area contributed by atoms with E-state index in [1.54, 1.807) is 0 Å². The molecule has 0 saturated carbocycles. The highest BCUT2D eigenvalue weighted by molar-refractivity contribution is 6.34. The van der Waals surface area contributed by atoms with Crippen molar-refractivity contribution in [2.24, 2.45) is 0 Å². The largest absolute Gasteiger partial charge is 0.478 e. The maximum Gasteiger partial charge on any atom is 0.340 e. The van der Waals surface area contributed by atoms with Crippen LogP contribution in [0.15, 0.2) is 24.4 Å². The Balaban J connectivity index is 2.66. The Morgan fingerprint density at radius 2 is 2.12 bits per heavy atom. The molecule has 0 bridgehead atoms. The summed E-state index contributed by atoms with van der Waals surface area (Å²) in [6.07, 6.45) is 1.04. The average Bonchev–Trinajstić information content (AvgIpc) is 2.61. The van der Waals surface area contributed by atoms with E-state index in [9.17, 15) is 9.18 Å². The van der Waals surface area contributed by atoms with Crippen molar-refractivity contribution in [3.63, 3.8) is 0 Å². The van der Waals surface area contributed by atoms with E-state index in [1.165, 1.54) is 18.2 Å². The van der Waals surface area contributed by atoms with Gasteiger partial charge in [-0.3, -0.25) is 0 Å². The Kier molecular flexibility index (Phi) is 3.04. The second-order valence-electron chi connectivity index (χ2n) is 3.14. The van der Waals surface area contributed by atoms with Crippen molar-refractivity contribution >= 4 is 29.2 Å². The second kappa shape index (κ2) is 4.35. The molecule has 2 rings (SSSR count). The van der Waals surface area contributed by atoms with Gasteiger partial charge in [0.25, 0.3) is 0 Å². The molecule has 0 atom stereocenters. The molecule has 1 aromatic carbocycles. The van der Waals surface area contributed by atoms with Gasteiger partial charge in [-0.25, -0.2) is 13.9 Å². The number of carboxylic acids is 1. The molecular formula is C10H5Cl2FN2O2. The van der Waals surface area contributed by atoms with E-state index < -0.39 is 11.8 Å². The molecule has 1 N–H and O–H groups in total. The smallest absolute Gasteiger partial charge is 0.340 e. The van der Waals surface area contributed by atoms with Crippen LogP contribution in [-0.2, 0) is 0 Å². The van der Waals surface area contributed by atoms with Crippen LogP contribution in [0.25, 0.3) is 5.69 Å². The Morgan fingerprint density at radius 3 is 2.65 bits per heavy atom. The summed E-state index contributed by atoms with van der Waals surface area (Å²) in [7, 11) is 0. The zero-order valence-electron chi connectivity index (χ0n) is 8.19. The summed E-state index contributed by atoms with van der Waals surface area (Å²) < 4.78 is 14.5. The standard InChI is InChI=1S/C10H5Cl2FN2O2/c11-6-2-1-3-7(13)8(6)15-9(12)5(4-14-15)10(16)17/h1-4H,(H,16,17). The lowest BCUT2D eigenvalue weighted by molar-refractivity contribution is 0.0697. The van der Waals surface area contributed by atoms with Crippen molar-refractivity contribution in [2.45, 2.75) is 0 Å². The van der Waals surface area contributed by atoms with Gasteiger partial charge in [-0.15, -0.1) is 0 Å². The summed E-state index contributed by atoms with van der Waals surface area (Å²) in [6.45, 7) is 0. The van der Waals surface area contributed by atoms with Gasteiger partial charge in [-0.1, -0.05) is 29.3 Å². The van der Waals surface area contributed by atoms with Crippen molar-refractivity contribution in [3.05, 3.63) is 46.0 Å². The van der Waals surface area contributed by atoms with Gasteiger partial charge in [0.05, 0.1) is 11.2 Å². The van der Waals surface area contributed by atoms with E-state index in [1.807, 2.05) is 0 Å². The predicted molar refractivity (Wildman–Crippen MR) is 60.5 cm³/mol. The first kappa shape index (κ1) is 11.9. The third-order valence-corrected chi connectivity index (χ3v) is 2.76. The van der Waals surface area contributed by atoms with Gasteiger partial charge in [-0.05, 0) is 12.1 Å². The molecule has 2 aromatic rings. The van der Waals surface area contributed by atoms with Crippen LogP contribution in [0, 0.1) is 5.82 Å². The highest BCUT2D eigenvalue weighted by Crippen LogP contribution is 2.27. The molecule has 4 nitrogen and oxygen atoms in total. The molecule has 0 unspecified atom stereocenters. The number of hydrogen-bond acceptors (Lipinski definition) is 2. The number of carboxylic acid groups (broad SMARTS) is 1. The van der Waals surface area contributed by atoms with Crippen molar-refractivity contribution in [3.8, 4) is 5.69 Å². The second-order valence-corrected chi connectivity index (χ2v) is 3.90. The lowest BCUT2D eigenvalue weighted by Crippen LogP contribution is -2.02. The van der Waals surface area contributed by atoms with Crippen LogP contribution in [-0.4, -0.2) is 20.9 Å². The Morgan fingerprint density at radius 1 is 1.41 bits per heavy atom. The van der Waals surface area contributed by atoms with Crippen molar-refractivity contribution < 1.29 is 14.3 Å². The Hall–Kier alpha value is -1.59. The summed E-state index contributed by atoms with van der Waals surface area (Å²) in [4.78, 5) is 10.8. The van der Waals surface area contributed by atoms with Gasteiger partial charge in [0.1, 0.15) is 22.2 Å². The average molecular weight is 275 g/mol. The van der Waals surface area contributed by atoms with Crippen LogP contribution < -0.4 is 0 Å². The number of carbonyl (C=O) groups is 1. The van der Waals surface area contributed by atoms with Crippen molar-refractivity contribution in [1.82, 2.24) is 9.78 Å². The Labute approximate surface area is 105 Å². The number of nitrogens with zero attached hydrogens (tertiary/aromatic N) is 2. The van der Waals surface area contributed by atoms with Crippen LogP contribution in [0.2, 0.25) is 10.2 Å². The monoisotopic (exact) mass is 274 g/mol. The zero-order valence-corrected chi connectivity index (χ0v) is 9.71. The summed E-state index contributed by atoms with van der Waals surface area (Å²) in [5.74, 6) is -1.88. The Bertz CT molecular complexity index is 578. The molecule has 0 spiro atoms. The summed E-state index contributed by atoms with van der Waals surface area (Å²) in [5, 5.41) is 12.4. The first-order chi connectivity index (χ1) is 8.02. The van der Waals surface area contributed by atoms with E-state index in [0.29, 0.717) is 0 Å². The van der Waals surface area contributed by atoms with E-state index in [4.69, 9.17) is 28.3 Å². The first-order valence-electron chi connectivity index (χ1n) is 4.43. The molecule has 0 saturated heterocycles. The maximum absolute atomic E-state index is 13.6. The van der Waals surface area contributed by atoms with Gasteiger partial charge in [-0.2, -0.15) is 5.10 Å². The highest BCUT2D eigenvalue weighted by Gasteiger charge is 2.19. The normalized spacial score (nSPS) is 10.5. The van der Waals surface area contributed by atoms with Crippen LogP contribution in [0.5, 0.6) is 0 Å². The van der Waals surface area contributed by atoms with Gasteiger partial charge in [0.2, 0.25) is 0 Å². The third-order valence-electron chi connectivity index (χ3n) is 2.09. The van der Waals surface area contributed by atoms with Gasteiger partial charge < -0.3 is 5.11 Å². The lowest BCUT2D eigenvalue weighted by Gasteiger charge is -2.06. The number of benzene rings is 1. The van der Waals surface area contributed by atoms with Gasteiger partial charge in [0.15, 0.2) is 0 Å². The number of rotatable bonds is 2. The number of hydrogen-bond donors (Lipinski definition) is 1. The predicted octanol–water partition coefficient (Wildman–Crippen LogP) is 3.02. The molecule has 7 heteroatoms. The molecule has 1 heterocycles. The van der Waals surface area contributed by atoms with E-state index in [0.717, 1.165) is 10.9 Å². The molecule has 0 aliphatic heterocycles. The first-order valence-corrected chi connectivity index (χ1v) is 5.19. The van der Waals surface area contributed by atoms with Crippen LogP contribution in [0.3, 0.4) is 0 Å². The molecule has 88 valence electrons. The zero-order chi connectivity index (χ0) is 12.6. The van der Waals surface area contributed by atoms with E-state index in [-0.39, 0.29) is 21.4 Å². The lowest BCUT2D eigenvalue weighted by atomic mass is 10.3. The summed E-state index contributed by atoms with van der Waals surface area (Å²) in [5.41, 5.74) is -0.294. The summed E-state index contributed by atoms with van der Waals surface area (Å²) >= 11 is 11.6.